The van der Waals surface area contributed by atoms with Crippen molar-refractivity contribution in [2.24, 2.45) is 10.9 Å². The molecule has 41 heavy (non-hydrogen) atoms. The normalized spacial score (nSPS) is 15.0. The number of fused-ring (bicyclic) bond motifs is 2. The number of hydrogen-bond donors (Lipinski definition) is 3. The summed E-state index contributed by atoms with van der Waals surface area (Å²) in [6.07, 6.45) is 8.72. The van der Waals surface area contributed by atoms with Crippen LogP contribution in [0.5, 0.6) is 0 Å². The van der Waals surface area contributed by atoms with Gasteiger partial charge in [0.2, 0.25) is 5.91 Å². The molecule has 6 rings (SSSR count). The zero-order chi connectivity index (χ0) is 28.3. The van der Waals surface area contributed by atoms with Crippen molar-refractivity contribution in [3.63, 3.8) is 0 Å². The average molecular weight is 548 g/mol. The second-order valence-electron chi connectivity index (χ2n) is 10.4. The highest BCUT2D eigenvalue weighted by Crippen LogP contribution is 2.32. The maximum absolute atomic E-state index is 14.6. The number of pyridine rings is 1. The minimum Gasteiger partial charge on any atom is -0.336 e. The highest BCUT2D eigenvalue weighted by Gasteiger charge is 2.21. The van der Waals surface area contributed by atoms with Crippen molar-refractivity contribution in [3.8, 4) is 22.6 Å². The van der Waals surface area contributed by atoms with E-state index in [4.69, 9.17) is 9.97 Å². The van der Waals surface area contributed by atoms with Crippen LogP contribution in [0.25, 0.3) is 50.3 Å². The molecule has 1 saturated carbocycles. The predicted octanol–water partition coefficient (Wildman–Crippen LogP) is 6.95. The largest absolute Gasteiger partial charge is 0.336 e. The molecular formula is C32H30FN7O. The number of allylic oxidation sites excluding steroid dienone is 3. The van der Waals surface area contributed by atoms with Gasteiger partial charge in [-0.2, -0.15) is 5.10 Å². The van der Waals surface area contributed by atoms with Crippen molar-refractivity contribution in [2.45, 2.75) is 39.0 Å². The maximum Gasteiger partial charge on any atom is 0.227 e. The van der Waals surface area contributed by atoms with Crippen molar-refractivity contribution < 1.29 is 9.18 Å². The van der Waals surface area contributed by atoms with Crippen LogP contribution in [0.2, 0.25) is 0 Å². The van der Waals surface area contributed by atoms with E-state index in [1.165, 1.54) is 12.5 Å². The number of carbonyl (C=O) groups excluding carboxylic acids is 1. The van der Waals surface area contributed by atoms with E-state index in [0.717, 1.165) is 36.7 Å². The first-order valence-corrected chi connectivity index (χ1v) is 13.8. The average Bonchev–Trinajstić information content (AvgIpc) is 3.61. The molecule has 0 aliphatic heterocycles. The first-order valence-electron chi connectivity index (χ1n) is 13.8. The van der Waals surface area contributed by atoms with E-state index in [-0.39, 0.29) is 17.6 Å². The van der Waals surface area contributed by atoms with Crippen molar-refractivity contribution in [1.82, 2.24) is 30.5 Å². The van der Waals surface area contributed by atoms with Gasteiger partial charge >= 0.3 is 0 Å². The molecule has 0 unspecified atom stereocenters. The van der Waals surface area contributed by atoms with Crippen LogP contribution in [0.15, 0.2) is 77.6 Å². The SMILES string of the molecule is C=N/C=C(\C=C(/C)NC(=O)C1CCCCC1)c1ccc2[nH]nc(-c3nc4c(-c5ccccc5F)cccc4[nH]3)c2n1. The first kappa shape index (κ1) is 26.3. The lowest BCUT2D eigenvalue weighted by Crippen LogP contribution is -2.30. The molecule has 2 aromatic carbocycles. The van der Waals surface area contributed by atoms with Gasteiger partial charge in [-0.3, -0.25) is 14.9 Å². The molecule has 0 spiro atoms. The minimum atomic E-state index is -0.311. The number of halogens is 1. The van der Waals surface area contributed by atoms with Crippen LogP contribution in [0.1, 0.15) is 44.7 Å². The number of rotatable bonds is 7. The number of H-pyrrole nitrogens is 2. The van der Waals surface area contributed by atoms with E-state index < -0.39 is 0 Å². The summed E-state index contributed by atoms with van der Waals surface area (Å²) in [6, 6.07) is 16.0. The number of aliphatic imine (C=N–C) groups is 1. The van der Waals surface area contributed by atoms with Gasteiger partial charge in [-0.1, -0.05) is 49.6 Å². The molecule has 5 aromatic rings. The Labute approximate surface area is 236 Å². The quantitative estimate of drug-likeness (QED) is 0.151. The van der Waals surface area contributed by atoms with Gasteiger partial charge in [0.25, 0.3) is 0 Å². The molecular weight excluding hydrogens is 517 g/mol. The number of benzene rings is 2. The lowest BCUT2D eigenvalue weighted by atomic mass is 9.88. The molecule has 0 radical (unpaired) electrons. The Morgan fingerprint density at radius 2 is 1.80 bits per heavy atom. The first-order chi connectivity index (χ1) is 20.0. The Balaban J connectivity index is 1.35. The third-order valence-corrected chi connectivity index (χ3v) is 7.50. The van der Waals surface area contributed by atoms with Gasteiger partial charge < -0.3 is 10.3 Å². The Morgan fingerprint density at radius 1 is 1.00 bits per heavy atom. The molecule has 0 saturated heterocycles. The fourth-order valence-corrected chi connectivity index (χ4v) is 5.47. The molecule has 3 N–H and O–H groups in total. The van der Waals surface area contributed by atoms with Gasteiger partial charge in [0.1, 0.15) is 11.3 Å². The van der Waals surface area contributed by atoms with Gasteiger partial charge in [0, 0.05) is 34.5 Å². The number of imidazole rings is 1. The van der Waals surface area contributed by atoms with E-state index in [0.29, 0.717) is 50.6 Å². The summed E-state index contributed by atoms with van der Waals surface area (Å²) in [4.78, 5) is 29.8. The van der Waals surface area contributed by atoms with Crippen molar-refractivity contribution >= 4 is 40.3 Å². The van der Waals surface area contributed by atoms with Crippen molar-refractivity contribution in [3.05, 3.63) is 84.1 Å². The van der Waals surface area contributed by atoms with E-state index in [9.17, 15) is 9.18 Å². The molecule has 0 bridgehead atoms. The monoisotopic (exact) mass is 547 g/mol. The molecule has 3 heterocycles. The third-order valence-electron chi connectivity index (χ3n) is 7.50. The second-order valence-corrected chi connectivity index (χ2v) is 10.4. The summed E-state index contributed by atoms with van der Waals surface area (Å²) in [5.74, 6) is 0.320. The zero-order valence-corrected chi connectivity index (χ0v) is 22.7. The van der Waals surface area contributed by atoms with Crippen LogP contribution in [0.4, 0.5) is 4.39 Å². The predicted molar refractivity (Wildman–Crippen MR) is 160 cm³/mol. The summed E-state index contributed by atoms with van der Waals surface area (Å²) in [6.45, 7) is 5.48. The second kappa shape index (κ2) is 11.3. The summed E-state index contributed by atoms with van der Waals surface area (Å²) < 4.78 is 14.6. The van der Waals surface area contributed by atoms with Gasteiger partial charge in [-0.15, -0.1) is 0 Å². The zero-order valence-electron chi connectivity index (χ0n) is 22.7. The number of nitrogens with zero attached hydrogens (tertiary/aromatic N) is 4. The van der Waals surface area contributed by atoms with Gasteiger partial charge in [0.05, 0.1) is 22.2 Å². The summed E-state index contributed by atoms with van der Waals surface area (Å²) in [5, 5.41) is 10.6. The number of carbonyl (C=O) groups is 1. The fourth-order valence-electron chi connectivity index (χ4n) is 5.47. The number of hydrogen-bond acceptors (Lipinski definition) is 5. The van der Waals surface area contributed by atoms with E-state index in [2.05, 4.69) is 32.2 Å². The number of para-hydroxylation sites is 1. The van der Waals surface area contributed by atoms with E-state index in [1.54, 1.807) is 24.4 Å². The lowest BCUT2D eigenvalue weighted by molar-refractivity contribution is -0.125. The Morgan fingerprint density at radius 3 is 2.61 bits per heavy atom. The number of aromatic nitrogens is 5. The number of amides is 1. The summed E-state index contributed by atoms with van der Waals surface area (Å²) >= 11 is 0. The lowest BCUT2D eigenvalue weighted by Gasteiger charge is -2.21. The Kier molecular flexibility index (Phi) is 7.24. The van der Waals surface area contributed by atoms with Crippen LogP contribution in [-0.4, -0.2) is 37.8 Å². The Hall–Kier alpha value is -4.92. The molecule has 1 amide bonds. The van der Waals surface area contributed by atoms with Crippen molar-refractivity contribution in [1.29, 1.82) is 0 Å². The van der Waals surface area contributed by atoms with Gasteiger partial charge in [0.15, 0.2) is 11.5 Å². The highest BCUT2D eigenvalue weighted by molar-refractivity contribution is 5.96. The van der Waals surface area contributed by atoms with Gasteiger partial charge in [-0.25, -0.2) is 14.4 Å². The molecule has 1 aliphatic rings. The van der Waals surface area contributed by atoms with E-state index in [1.807, 2.05) is 43.3 Å². The fraction of sp³-hybridized carbons (Fsp3) is 0.219. The topological polar surface area (TPSA) is 112 Å². The van der Waals surface area contributed by atoms with Crippen molar-refractivity contribution in [2.75, 3.05) is 0 Å². The molecule has 8 nitrogen and oxygen atoms in total. The molecule has 1 aliphatic carbocycles. The Bertz CT molecular complexity index is 1820. The summed E-state index contributed by atoms with van der Waals surface area (Å²) in [7, 11) is 0. The molecule has 9 heteroatoms. The van der Waals surface area contributed by atoms with Crippen LogP contribution >= 0.6 is 0 Å². The van der Waals surface area contributed by atoms with Gasteiger partial charge in [-0.05, 0) is 56.8 Å². The van der Waals surface area contributed by atoms with E-state index >= 15 is 0 Å². The molecule has 206 valence electrons. The summed E-state index contributed by atoms with van der Waals surface area (Å²) in [5.41, 5.74) is 6.50. The molecule has 0 atom stereocenters. The minimum absolute atomic E-state index is 0.0581. The van der Waals surface area contributed by atoms with Crippen LogP contribution in [0, 0.1) is 11.7 Å². The smallest absolute Gasteiger partial charge is 0.227 e. The highest BCUT2D eigenvalue weighted by atomic mass is 19.1. The third kappa shape index (κ3) is 5.30. The number of aromatic amines is 2. The molecule has 3 aromatic heterocycles. The van der Waals surface area contributed by atoms with Crippen LogP contribution < -0.4 is 5.32 Å². The standard InChI is InChI=1S/C32H30FN7O/c1-19(35-32(41)20-9-4-3-5-10-20)17-21(18-34-2)25-15-16-27-29(36-25)30(40-39-27)31-37-26-14-8-12-23(28(26)38-31)22-11-6-7-13-24(22)33/h6-8,11-18,20H,2-5,9-10H2,1H3,(H,35,41)(H,37,38)(H,39,40)/b19-17+,21-18+. The van der Waals surface area contributed by atoms with Crippen LogP contribution in [-0.2, 0) is 4.79 Å². The van der Waals surface area contributed by atoms with Crippen LogP contribution in [0.3, 0.4) is 0 Å². The molecule has 1 fully saturated rings. The maximum atomic E-state index is 14.6. The number of nitrogens with one attached hydrogen (secondary N) is 3.